The Morgan fingerprint density at radius 2 is 1.19 bits per heavy atom. The lowest BCUT2D eigenvalue weighted by Crippen LogP contribution is -1.93. The molecular weight excluding hydrogens is 247 g/mol. The van der Waals surface area contributed by atoms with Gasteiger partial charge in [0.2, 0.25) is 0 Å². The highest BCUT2D eigenvalue weighted by molar-refractivity contribution is 6.37. The Bertz CT molecular complexity index is 639. The van der Waals surface area contributed by atoms with Gasteiger partial charge in [-0.3, -0.25) is 0 Å². The summed E-state index contributed by atoms with van der Waals surface area (Å²) in [5.74, 6) is 0. The molecule has 3 aromatic rings. The third-order valence-corrected chi connectivity index (χ3v) is 2.70. The Labute approximate surface area is 100 Å². The molecule has 0 spiro atoms. The summed E-state index contributed by atoms with van der Waals surface area (Å²) < 4.78 is 0. The summed E-state index contributed by atoms with van der Waals surface area (Å²) in [7, 11) is 0. The van der Waals surface area contributed by atoms with E-state index in [9.17, 15) is 0 Å². The fourth-order valence-electron chi connectivity index (χ4n) is 1.47. The molecule has 2 aromatic heterocycles. The average Bonchev–Trinajstić information content (AvgIpc) is 2.32. The van der Waals surface area contributed by atoms with Gasteiger partial charge in [-0.2, -0.15) is 0 Å². The van der Waals surface area contributed by atoms with Crippen LogP contribution < -0.4 is 0 Å². The fraction of sp³-hybridized carbons (Fsp3) is 0. The fourth-order valence-corrected chi connectivity index (χ4v) is 1.81. The largest absolute Gasteiger partial charge is 0.241 e. The molecule has 0 radical (unpaired) electrons. The van der Waals surface area contributed by atoms with Crippen molar-refractivity contribution in [3.63, 3.8) is 0 Å². The zero-order valence-corrected chi connectivity index (χ0v) is 9.37. The van der Waals surface area contributed by atoms with Gasteiger partial charge in [-0.05, 0) is 12.1 Å². The summed E-state index contributed by atoms with van der Waals surface area (Å²) >= 11 is 11.8. The third kappa shape index (κ3) is 1.38. The maximum absolute atomic E-state index is 5.89. The minimum atomic E-state index is 0.206. The number of hydrogen-bond donors (Lipinski definition) is 0. The smallest absolute Gasteiger partial charge is 0.179 e. The van der Waals surface area contributed by atoms with Gasteiger partial charge in [-0.15, -0.1) is 10.2 Å². The van der Waals surface area contributed by atoms with Gasteiger partial charge in [0.1, 0.15) is 11.0 Å². The molecule has 16 heavy (non-hydrogen) atoms. The maximum atomic E-state index is 5.89. The molecule has 0 fully saturated rings. The molecule has 0 unspecified atom stereocenters. The van der Waals surface area contributed by atoms with Crippen LogP contribution in [0.4, 0.5) is 0 Å². The van der Waals surface area contributed by atoms with Crippen LogP contribution in [0.5, 0.6) is 0 Å². The number of para-hydroxylation sites is 2. The van der Waals surface area contributed by atoms with Gasteiger partial charge in [0.05, 0.1) is 11.0 Å². The zero-order valence-electron chi connectivity index (χ0n) is 7.85. The molecule has 4 nitrogen and oxygen atoms in total. The number of benzene rings is 1. The van der Waals surface area contributed by atoms with E-state index in [4.69, 9.17) is 23.2 Å². The van der Waals surface area contributed by atoms with Crippen molar-refractivity contribution in [3.05, 3.63) is 34.6 Å². The monoisotopic (exact) mass is 250 g/mol. The van der Waals surface area contributed by atoms with Gasteiger partial charge < -0.3 is 0 Å². The van der Waals surface area contributed by atoms with Crippen LogP contribution in [0.2, 0.25) is 10.3 Å². The molecule has 0 saturated heterocycles. The van der Waals surface area contributed by atoms with Crippen molar-refractivity contribution in [1.82, 2.24) is 20.2 Å². The van der Waals surface area contributed by atoms with Gasteiger partial charge >= 0.3 is 0 Å². The second kappa shape index (κ2) is 3.50. The molecule has 0 aliphatic rings. The van der Waals surface area contributed by atoms with E-state index in [1.165, 1.54) is 0 Å². The number of rotatable bonds is 0. The summed E-state index contributed by atoms with van der Waals surface area (Å²) in [4.78, 5) is 8.71. The topological polar surface area (TPSA) is 51.6 Å². The van der Waals surface area contributed by atoms with Crippen molar-refractivity contribution >= 4 is 45.3 Å². The van der Waals surface area contributed by atoms with E-state index in [-0.39, 0.29) is 10.3 Å². The molecule has 0 amide bonds. The molecule has 2 heterocycles. The highest BCUT2D eigenvalue weighted by Gasteiger charge is 2.10. The van der Waals surface area contributed by atoms with Crippen LogP contribution in [0.15, 0.2) is 24.3 Å². The van der Waals surface area contributed by atoms with Crippen LogP contribution in [0, 0.1) is 0 Å². The summed E-state index contributed by atoms with van der Waals surface area (Å²) in [6.45, 7) is 0. The summed E-state index contributed by atoms with van der Waals surface area (Å²) in [6, 6.07) is 7.47. The second-order valence-electron chi connectivity index (χ2n) is 3.19. The Hall–Kier alpha value is -1.52. The Morgan fingerprint density at radius 1 is 0.750 bits per heavy atom. The van der Waals surface area contributed by atoms with Gasteiger partial charge in [0, 0.05) is 0 Å². The molecule has 0 aliphatic carbocycles. The molecule has 3 rings (SSSR count). The number of fused-ring (bicyclic) bond motifs is 2. The Kier molecular flexibility index (Phi) is 2.12. The first kappa shape index (κ1) is 9.69. The molecule has 0 aliphatic heterocycles. The van der Waals surface area contributed by atoms with Gasteiger partial charge in [-0.1, -0.05) is 35.3 Å². The van der Waals surface area contributed by atoms with E-state index in [1.807, 2.05) is 24.3 Å². The number of halogens is 2. The second-order valence-corrected chi connectivity index (χ2v) is 3.91. The van der Waals surface area contributed by atoms with Crippen molar-refractivity contribution in [3.8, 4) is 0 Å². The Morgan fingerprint density at radius 3 is 1.62 bits per heavy atom. The van der Waals surface area contributed by atoms with E-state index in [2.05, 4.69) is 20.2 Å². The Balaban J connectivity index is 2.56. The van der Waals surface area contributed by atoms with Crippen LogP contribution in [0.3, 0.4) is 0 Å². The first-order valence-corrected chi connectivity index (χ1v) is 5.25. The van der Waals surface area contributed by atoms with Crippen molar-refractivity contribution in [2.45, 2.75) is 0 Å². The predicted octanol–water partition coefficient (Wildman–Crippen LogP) is 2.88. The van der Waals surface area contributed by atoms with E-state index in [0.717, 1.165) is 11.0 Å². The third-order valence-electron chi connectivity index (χ3n) is 2.19. The first-order chi connectivity index (χ1) is 7.75. The summed E-state index contributed by atoms with van der Waals surface area (Å²) in [6.07, 6.45) is 0. The van der Waals surface area contributed by atoms with Crippen molar-refractivity contribution in [2.75, 3.05) is 0 Å². The lowest BCUT2D eigenvalue weighted by molar-refractivity contribution is 1.04. The van der Waals surface area contributed by atoms with Crippen molar-refractivity contribution < 1.29 is 0 Å². The van der Waals surface area contributed by atoms with Gasteiger partial charge in [-0.25, -0.2) is 9.97 Å². The normalized spacial score (nSPS) is 11.1. The lowest BCUT2D eigenvalue weighted by atomic mass is 10.3. The lowest BCUT2D eigenvalue weighted by Gasteiger charge is -2.01. The van der Waals surface area contributed by atoms with Gasteiger partial charge in [0.15, 0.2) is 10.3 Å². The molecule has 6 heteroatoms. The van der Waals surface area contributed by atoms with Crippen LogP contribution >= 0.6 is 23.2 Å². The highest BCUT2D eigenvalue weighted by Crippen LogP contribution is 2.24. The van der Waals surface area contributed by atoms with E-state index >= 15 is 0 Å². The number of nitrogens with zero attached hydrogens (tertiary/aromatic N) is 4. The first-order valence-electron chi connectivity index (χ1n) is 4.50. The van der Waals surface area contributed by atoms with E-state index < -0.39 is 0 Å². The van der Waals surface area contributed by atoms with Crippen molar-refractivity contribution in [2.24, 2.45) is 0 Å². The number of hydrogen-bond acceptors (Lipinski definition) is 4. The van der Waals surface area contributed by atoms with Crippen LogP contribution in [0.25, 0.3) is 22.1 Å². The van der Waals surface area contributed by atoms with Gasteiger partial charge in [0.25, 0.3) is 0 Å². The minimum Gasteiger partial charge on any atom is -0.241 e. The molecule has 78 valence electrons. The van der Waals surface area contributed by atoms with Crippen LogP contribution in [-0.4, -0.2) is 20.2 Å². The molecule has 1 aromatic carbocycles. The molecule has 0 bridgehead atoms. The zero-order chi connectivity index (χ0) is 11.1. The van der Waals surface area contributed by atoms with Crippen molar-refractivity contribution in [1.29, 1.82) is 0 Å². The minimum absolute atomic E-state index is 0.206. The standard InChI is InChI=1S/C10H4Cl2N4/c11-9-7-8(10(12)16-15-9)14-6-4-2-1-3-5(6)13-7/h1-4H. The average molecular weight is 251 g/mol. The summed E-state index contributed by atoms with van der Waals surface area (Å²) in [5, 5.41) is 7.80. The van der Waals surface area contributed by atoms with Crippen LogP contribution in [-0.2, 0) is 0 Å². The maximum Gasteiger partial charge on any atom is 0.179 e. The SMILES string of the molecule is Clc1nnc(Cl)c2nc3ccccc3nc12. The molecule has 0 N–H and O–H groups in total. The predicted molar refractivity (Wildman–Crippen MR) is 62.7 cm³/mol. The molecule has 0 saturated carbocycles. The molecule has 0 atom stereocenters. The summed E-state index contributed by atoms with van der Waals surface area (Å²) in [5.41, 5.74) is 2.45. The van der Waals surface area contributed by atoms with E-state index in [1.54, 1.807) is 0 Å². The molecular formula is C10H4Cl2N4. The quantitative estimate of drug-likeness (QED) is 0.576. The van der Waals surface area contributed by atoms with Crippen LogP contribution in [0.1, 0.15) is 0 Å². The van der Waals surface area contributed by atoms with E-state index in [0.29, 0.717) is 11.0 Å². The highest BCUT2D eigenvalue weighted by atomic mass is 35.5. The number of aromatic nitrogens is 4.